The normalized spacial score (nSPS) is 15.2. The molecule has 1 aliphatic carbocycles. The molecular weight excluding hydrogens is 150 g/mol. The molecule has 1 fully saturated rings. The molecular formula is C9H11N3. The molecule has 0 radical (unpaired) electrons. The quantitative estimate of drug-likeness (QED) is 0.674. The second-order valence-electron chi connectivity index (χ2n) is 2.86. The summed E-state index contributed by atoms with van der Waals surface area (Å²) < 4.78 is 0. The third kappa shape index (κ3) is 1.61. The molecule has 1 N–H and O–H groups in total. The minimum absolute atomic E-state index is 0.817. The van der Waals surface area contributed by atoms with Gasteiger partial charge in [0.1, 0.15) is 5.82 Å². The summed E-state index contributed by atoms with van der Waals surface area (Å²) in [5.41, 5.74) is 4.17. The summed E-state index contributed by atoms with van der Waals surface area (Å²) in [4.78, 5) is 4.09. The van der Waals surface area contributed by atoms with Crippen molar-refractivity contribution in [3.8, 4) is 0 Å². The summed E-state index contributed by atoms with van der Waals surface area (Å²) in [6.45, 7) is 0. The van der Waals surface area contributed by atoms with Crippen LogP contribution in [0.3, 0.4) is 0 Å². The maximum absolute atomic E-state index is 4.20. The predicted octanol–water partition coefficient (Wildman–Crippen LogP) is 2.03. The monoisotopic (exact) mass is 161 g/mol. The molecule has 2 rings (SSSR count). The van der Waals surface area contributed by atoms with E-state index in [2.05, 4.69) is 15.5 Å². The summed E-state index contributed by atoms with van der Waals surface area (Å²) in [6, 6.07) is 5.74. The molecule has 0 saturated heterocycles. The van der Waals surface area contributed by atoms with Gasteiger partial charge in [-0.1, -0.05) is 6.07 Å². The first-order chi connectivity index (χ1) is 5.95. The van der Waals surface area contributed by atoms with E-state index in [0.717, 1.165) is 18.7 Å². The van der Waals surface area contributed by atoms with Gasteiger partial charge in [0.15, 0.2) is 0 Å². The Bertz CT molecular complexity index is 273. The molecule has 0 unspecified atom stereocenters. The van der Waals surface area contributed by atoms with Crippen LogP contribution in [0.15, 0.2) is 29.5 Å². The zero-order chi connectivity index (χ0) is 8.23. The molecule has 1 aliphatic rings. The molecule has 1 aromatic rings. The van der Waals surface area contributed by atoms with Gasteiger partial charge in [0, 0.05) is 11.9 Å². The molecule has 0 aliphatic heterocycles. The highest BCUT2D eigenvalue weighted by molar-refractivity contribution is 5.89. The van der Waals surface area contributed by atoms with E-state index in [4.69, 9.17) is 0 Å². The van der Waals surface area contributed by atoms with Crippen LogP contribution in [0, 0.1) is 0 Å². The zero-order valence-electron chi connectivity index (χ0n) is 6.83. The van der Waals surface area contributed by atoms with E-state index in [1.165, 1.54) is 12.1 Å². The lowest BCUT2D eigenvalue weighted by Gasteiger charge is -2.13. The summed E-state index contributed by atoms with van der Waals surface area (Å²) in [6.07, 6.45) is 5.31. The highest BCUT2D eigenvalue weighted by atomic mass is 15.3. The molecule has 3 heteroatoms. The Morgan fingerprint density at radius 3 is 2.83 bits per heavy atom. The zero-order valence-corrected chi connectivity index (χ0v) is 6.83. The number of hydrazone groups is 1. The van der Waals surface area contributed by atoms with Crippen molar-refractivity contribution < 1.29 is 0 Å². The Morgan fingerprint density at radius 1 is 1.33 bits per heavy atom. The number of hydrogen-bond acceptors (Lipinski definition) is 3. The van der Waals surface area contributed by atoms with Crippen molar-refractivity contribution in [1.29, 1.82) is 0 Å². The van der Waals surface area contributed by atoms with Crippen molar-refractivity contribution in [3.05, 3.63) is 24.4 Å². The molecule has 62 valence electrons. The number of aromatic nitrogens is 1. The molecule has 0 bridgehead atoms. The molecule has 3 nitrogen and oxygen atoms in total. The first-order valence-electron chi connectivity index (χ1n) is 4.17. The Labute approximate surface area is 71.5 Å². The number of nitrogens with zero attached hydrogens (tertiary/aromatic N) is 2. The minimum atomic E-state index is 0.817. The second-order valence-corrected chi connectivity index (χ2v) is 2.86. The first-order valence-corrected chi connectivity index (χ1v) is 4.17. The number of nitrogens with one attached hydrogen (secondary N) is 1. The standard InChI is InChI=1S/C9H11N3/c1-2-7-10-9(6-1)12-11-8-4-3-5-8/h1-2,6-7H,3-5H2,(H,10,12). The third-order valence-electron chi connectivity index (χ3n) is 1.92. The van der Waals surface area contributed by atoms with Gasteiger partial charge in [0.25, 0.3) is 0 Å². The van der Waals surface area contributed by atoms with Crippen LogP contribution in [0.1, 0.15) is 19.3 Å². The van der Waals surface area contributed by atoms with Crippen LogP contribution in [0.5, 0.6) is 0 Å². The molecule has 1 heterocycles. The van der Waals surface area contributed by atoms with Crippen LogP contribution in [-0.4, -0.2) is 10.7 Å². The van der Waals surface area contributed by atoms with Crippen molar-refractivity contribution in [2.24, 2.45) is 5.10 Å². The van der Waals surface area contributed by atoms with Gasteiger partial charge in [-0.25, -0.2) is 4.98 Å². The number of rotatable bonds is 2. The molecule has 0 amide bonds. The lowest BCUT2D eigenvalue weighted by molar-refractivity contribution is 0.798. The SMILES string of the molecule is c1ccc(NN=C2CCC2)nc1. The van der Waals surface area contributed by atoms with Crippen LogP contribution in [0.2, 0.25) is 0 Å². The maximum atomic E-state index is 4.20. The molecule has 0 atom stereocenters. The Morgan fingerprint density at radius 2 is 2.25 bits per heavy atom. The summed E-state index contributed by atoms with van der Waals surface area (Å²) in [7, 11) is 0. The van der Waals surface area contributed by atoms with Crippen molar-refractivity contribution in [2.45, 2.75) is 19.3 Å². The number of hydrogen-bond donors (Lipinski definition) is 1. The van der Waals surface area contributed by atoms with Crippen LogP contribution in [0.25, 0.3) is 0 Å². The summed E-state index contributed by atoms with van der Waals surface area (Å²) in [5.74, 6) is 0.817. The Kier molecular flexibility index (Phi) is 2.03. The highest BCUT2D eigenvalue weighted by Gasteiger charge is 2.09. The van der Waals surface area contributed by atoms with Gasteiger partial charge in [0.05, 0.1) is 0 Å². The smallest absolute Gasteiger partial charge is 0.146 e. The highest BCUT2D eigenvalue weighted by Crippen LogP contribution is 2.14. The van der Waals surface area contributed by atoms with E-state index in [9.17, 15) is 0 Å². The van der Waals surface area contributed by atoms with Gasteiger partial charge in [-0.15, -0.1) is 0 Å². The Hall–Kier alpha value is -1.38. The van der Waals surface area contributed by atoms with E-state index < -0.39 is 0 Å². The molecule has 0 aromatic carbocycles. The number of anilines is 1. The Balaban J connectivity index is 1.95. The van der Waals surface area contributed by atoms with Gasteiger partial charge < -0.3 is 0 Å². The van der Waals surface area contributed by atoms with Gasteiger partial charge in [-0.05, 0) is 31.4 Å². The summed E-state index contributed by atoms with van der Waals surface area (Å²) >= 11 is 0. The van der Waals surface area contributed by atoms with Crippen LogP contribution < -0.4 is 5.43 Å². The molecule has 1 aromatic heterocycles. The summed E-state index contributed by atoms with van der Waals surface area (Å²) in [5, 5.41) is 4.20. The van der Waals surface area contributed by atoms with E-state index >= 15 is 0 Å². The molecule has 1 saturated carbocycles. The molecule has 0 spiro atoms. The van der Waals surface area contributed by atoms with E-state index in [1.54, 1.807) is 6.20 Å². The molecule has 12 heavy (non-hydrogen) atoms. The van der Waals surface area contributed by atoms with Crippen molar-refractivity contribution in [2.75, 3.05) is 5.43 Å². The van der Waals surface area contributed by atoms with E-state index in [0.29, 0.717) is 0 Å². The van der Waals surface area contributed by atoms with Gasteiger partial charge >= 0.3 is 0 Å². The predicted molar refractivity (Wildman–Crippen MR) is 49.1 cm³/mol. The topological polar surface area (TPSA) is 37.3 Å². The number of pyridine rings is 1. The van der Waals surface area contributed by atoms with Crippen molar-refractivity contribution in [3.63, 3.8) is 0 Å². The average molecular weight is 161 g/mol. The maximum Gasteiger partial charge on any atom is 0.146 e. The fourth-order valence-corrected chi connectivity index (χ4v) is 1.01. The van der Waals surface area contributed by atoms with Crippen LogP contribution >= 0.6 is 0 Å². The fraction of sp³-hybridized carbons (Fsp3) is 0.333. The first kappa shape index (κ1) is 7.28. The largest absolute Gasteiger partial charge is 0.261 e. The van der Waals surface area contributed by atoms with Crippen molar-refractivity contribution in [1.82, 2.24) is 4.98 Å². The van der Waals surface area contributed by atoms with Crippen LogP contribution in [-0.2, 0) is 0 Å². The average Bonchev–Trinajstić information content (AvgIpc) is 2.04. The lowest BCUT2D eigenvalue weighted by atomic mass is 9.98. The third-order valence-corrected chi connectivity index (χ3v) is 1.92. The second kappa shape index (κ2) is 3.34. The van der Waals surface area contributed by atoms with E-state index in [-0.39, 0.29) is 0 Å². The lowest BCUT2D eigenvalue weighted by Crippen LogP contribution is -2.11. The van der Waals surface area contributed by atoms with Crippen molar-refractivity contribution >= 4 is 11.5 Å². The fourth-order valence-electron chi connectivity index (χ4n) is 1.01. The van der Waals surface area contributed by atoms with Gasteiger partial charge in [-0.2, -0.15) is 5.10 Å². The van der Waals surface area contributed by atoms with Gasteiger partial charge in [-0.3, -0.25) is 5.43 Å². The minimum Gasteiger partial charge on any atom is -0.261 e. The van der Waals surface area contributed by atoms with Gasteiger partial charge in [0.2, 0.25) is 0 Å². The van der Waals surface area contributed by atoms with Crippen LogP contribution in [0.4, 0.5) is 5.82 Å². The van der Waals surface area contributed by atoms with E-state index in [1.807, 2.05) is 18.2 Å².